The van der Waals surface area contributed by atoms with Gasteiger partial charge in [0.2, 0.25) is 0 Å². The second-order valence-electron chi connectivity index (χ2n) is 7.70. The fourth-order valence-corrected chi connectivity index (χ4v) is 6.03. The Hall–Kier alpha value is -0.420. The lowest BCUT2D eigenvalue weighted by atomic mass is 9.93. The number of hydrogen-bond acceptors (Lipinski definition) is 4. The van der Waals surface area contributed by atoms with Crippen molar-refractivity contribution in [1.82, 2.24) is 0 Å². The second kappa shape index (κ2) is 6.14. The van der Waals surface area contributed by atoms with E-state index in [1.165, 1.54) is 61.1 Å². The van der Waals surface area contributed by atoms with Gasteiger partial charge in [-0.15, -0.1) is 11.3 Å². The molecule has 5 rings (SSSR count). The predicted molar refractivity (Wildman–Crippen MR) is 89.4 cm³/mol. The number of ether oxygens (including phenoxy) is 3. The summed E-state index contributed by atoms with van der Waals surface area (Å²) in [4.78, 5) is 2.59. The van der Waals surface area contributed by atoms with Gasteiger partial charge in [-0.3, -0.25) is 0 Å². The highest BCUT2D eigenvalue weighted by Crippen LogP contribution is 2.45. The molecule has 3 heterocycles. The van der Waals surface area contributed by atoms with Gasteiger partial charge < -0.3 is 14.2 Å². The topological polar surface area (TPSA) is 27.7 Å². The van der Waals surface area contributed by atoms with E-state index in [0.717, 1.165) is 12.5 Å². The SMILES string of the molecule is c1cc(C2OCC3CCCC3O2)sc1C1CCC2CCCC2O1. The van der Waals surface area contributed by atoms with Gasteiger partial charge in [-0.1, -0.05) is 12.8 Å². The lowest BCUT2D eigenvalue weighted by Gasteiger charge is -2.33. The van der Waals surface area contributed by atoms with Crippen LogP contribution in [0, 0.1) is 11.8 Å². The van der Waals surface area contributed by atoms with Crippen LogP contribution in [-0.4, -0.2) is 18.8 Å². The average Bonchev–Trinajstić information content (AvgIpc) is 3.32. The van der Waals surface area contributed by atoms with Crippen molar-refractivity contribution < 1.29 is 14.2 Å². The van der Waals surface area contributed by atoms with Crippen LogP contribution in [0.2, 0.25) is 0 Å². The van der Waals surface area contributed by atoms with Gasteiger partial charge in [0, 0.05) is 10.8 Å². The van der Waals surface area contributed by atoms with Crippen LogP contribution in [0.1, 0.15) is 73.5 Å². The average molecular weight is 334 g/mol. The summed E-state index contributed by atoms with van der Waals surface area (Å²) in [6, 6.07) is 4.44. The van der Waals surface area contributed by atoms with E-state index < -0.39 is 0 Å². The molecule has 0 spiro atoms. The maximum Gasteiger partial charge on any atom is 0.193 e. The highest BCUT2D eigenvalue weighted by molar-refractivity contribution is 7.12. The van der Waals surface area contributed by atoms with Crippen molar-refractivity contribution >= 4 is 11.3 Å². The molecule has 2 aliphatic heterocycles. The molecule has 0 radical (unpaired) electrons. The van der Waals surface area contributed by atoms with Gasteiger partial charge in [-0.25, -0.2) is 0 Å². The summed E-state index contributed by atoms with van der Waals surface area (Å²) in [5.74, 6) is 1.46. The third-order valence-electron chi connectivity index (χ3n) is 6.27. The summed E-state index contributed by atoms with van der Waals surface area (Å²) in [5, 5.41) is 0. The normalized spacial score (nSPS) is 43.3. The zero-order valence-corrected chi connectivity index (χ0v) is 14.4. The first-order valence-electron chi connectivity index (χ1n) is 9.39. The summed E-state index contributed by atoms with van der Waals surface area (Å²) in [6.07, 6.45) is 11.4. The number of fused-ring (bicyclic) bond motifs is 2. The Morgan fingerprint density at radius 2 is 1.57 bits per heavy atom. The summed E-state index contributed by atoms with van der Waals surface area (Å²) in [6.45, 7) is 0.867. The van der Waals surface area contributed by atoms with E-state index in [2.05, 4.69) is 12.1 Å². The Morgan fingerprint density at radius 1 is 0.783 bits per heavy atom. The summed E-state index contributed by atoms with van der Waals surface area (Å²) in [5.41, 5.74) is 0. The molecule has 2 saturated carbocycles. The minimum absolute atomic E-state index is 0.143. The molecule has 4 aliphatic rings. The quantitative estimate of drug-likeness (QED) is 0.763. The smallest absolute Gasteiger partial charge is 0.193 e. The van der Waals surface area contributed by atoms with E-state index in [1.807, 2.05) is 11.3 Å². The zero-order valence-electron chi connectivity index (χ0n) is 13.6. The zero-order chi connectivity index (χ0) is 15.2. The Kier molecular flexibility index (Phi) is 3.97. The van der Waals surface area contributed by atoms with E-state index in [4.69, 9.17) is 14.2 Å². The number of thiophene rings is 1. The summed E-state index contributed by atoms with van der Waals surface area (Å²) in [7, 11) is 0. The molecule has 4 fully saturated rings. The van der Waals surface area contributed by atoms with E-state index >= 15 is 0 Å². The second-order valence-corrected chi connectivity index (χ2v) is 8.85. The third-order valence-corrected chi connectivity index (χ3v) is 7.47. The van der Waals surface area contributed by atoms with Gasteiger partial charge in [0.05, 0.1) is 29.8 Å². The van der Waals surface area contributed by atoms with Crippen molar-refractivity contribution in [3.8, 4) is 0 Å². The van der Waals surface area contributed by atoms with Crippen LogP contribution < -0.4 is 0 Å². The molecule has 0 bridgehead atoms. The first-order chi connectivity index (χ1) is 11.4. The van der Waals surface area contributed by atoms with Crippen molar-refractivity contribution in [2.24, 2.45) is 11.8 Å². The van der Waals surface area contributed by atoms with E-state index in [0.29, 0.717) is 24.2 Å². The molecular weight excluding hydrogens is 308 g/mol. The maximum absolute atomic E-state index is 6.40. The third kappa shape index (κ3) is 2.78. The van der Waals surface area contributed by atoms with Gasteiger partial charge in [0.25, 0.3) is 0 Å². The van der Waals surface area contributed by atoms with Gasteiger partial charge in [-0.05, 0) is 56.6 Å². The molecule has 23 heavy (non-hydrogen) atoms. The number of hydrogen-bond donors (Lipinski definition) is 0. The van der Waals surface area contributed by atoms with E-state index in [-0.39, 0.29) is 6.29 Å². The highest BCUT2D eigenvalue weighted by atomic mass is 32.1. The molecule has 3 nitrogen and oxygen atoms in total. The van der Waals surface area contributed by atoms with Crippen molar-refractivity contribution in [3.05, 3.63) is 21.9 Å². The van der Waals surface area contributed by atoms with Gasteiger partial charge >= 0.3 is 0 Å². The van der Waals surface area contributed by atoms with Gasteiger partial charge in [-0.2, -0.15) is 0 Å². The molecule has 2 aliphatic carbocycles. The molecule has 126 valence electrons. The molecule has 4 heteroatoms. The first kappa shape index (κ1) is 14.9. The van der Waals surface area contributed by atoms with Crippen molar-refractivity contribution in [2.75, 3.05) is 6.61 Å². The van der Waals surface area contributed by atoms with Crippen LogP contribution in [0.4, 0.5) is 0 Å². The predicted octanol–water partition coefficient (Wildman–Crippen LogP) is 4.98. The van der Waals surface area contributed by atoms with Gasteiger partial charge in [0.1, 0.15) is 0 Å². The van der Waals surface area contributed by atoms with Crippen molar-refractivity contribution in [3.63, 3.8) is 0 Å². The molecule has 0 aromatic carbocycles. The van der Waals surface area contributed by atoms with E-state index in [9.17, 15) is 0 Å². The minimum Gasteiger partial charge on any atom is -0.369 e. The Morgan fingerprint density at radius 3 is 2.48 bits per heavy atom. The standard InChI is InChI=1S/C19H26O3S/c1-3-12-7-8-16(21-14(12)5-1)17-9-10-18(23-17)19-20-11-13-4-2-6-15(13)22-19/h9-10,12-16,19H,1-8,11H2. The Labute approximate surface area is 142 Å². The van der Waals surface area contributed by atoms with Crippen LogP contribution in [0.25, 0.3) is 0 Å². The van der Waals surface area contributed by atoms with Crippen LogP contribution in [0.3, 0.4) is 0 Å². The minimum atomic E-state index is -0.143. The van der Waals surface area contributed by atoms with Crippen molar-refractivity contribution in [2.45, 2.75) is 76.0 Å². The molecule has 1 aromatic heterocycles. The molecule has 6 unspecified atom stereocenters. The molecule has 1 aromatic rings. The molecule has 0 amide bonds. The van der Waals surface area contributed by atoms with Crippen LogP contribution in [0.5, 0.6) is 0 Å². The first-order valence-corrected chi connectivity index (χ1v) is 10.2. The van der Waals surface area contributed by atoms with Crippen LogP contribution in [-0.2, 0) is 14.2 Å². The molecule has 6 atom stereocenters. The Bertz CT molecular complexity index is 510. The fraction of sp³-hybridized carbons (Fsp3) is 0.789. The van der Waals surface area contributed by atoms with Gasteiger partial charge in [0.15, 0.2) is 6.29 Å². The molecule has 2 saturated heterocycles. The van der Waals surface area contributed by atoms with Crippen LogP contribution in [0.15, 0.2) is 12.1 Å². The highest BCUT2D eigenvalue weighted by Gasteiger charge is 2.38. The number of rotatable bonds is 2. The fourth-order valence-electron chi connectivity index (χ4n) is 4.96. The van der Waals surface area contributed by atoms with Crippen LogP contribution >= 0.6 is 11.3 Å². The lowest BCUT2D eigenvalue weighted by Crippen LogP contribution is -2.32. The monoisotopic (exact) mass is 334 g/mol. The maximum atomic E-state index is 6.40. The Balaban J connectivity index is 1.27. The summed E-state index contributed by atoms with van der Waals surface area (Å²) < 4.78 is 18.6. The van der Waals surface area contributed by atoms with E-state index in [1.54, 1.807) is 0 Å². The lowest BCUT2D eigenvalue weighted by molar-refractivity contribution is -0.232. The van der Waals surface area contributed by atoms with Crippen molar-refractivity contribution in [1.29, 1.82) is 0 Å². The molecular formula is C19H26O3S. The molecule has 0 N–H and O–H groups in total. The largest absolute Gasteiger partial charge is 0.369 e. The summed E-state index contributed by atoms with van der Waals surface area (Å²) >= 11 is 1.84.